The van der Waals surface area contributed by atoms with Gasteiger partial charge in [0.05, 0.1) is 40.3 Å². The van der Waals surface area contributed by atoms with Gasteiger partial charge in [0, 0.05) is 32.9 Å². The summed E-state index contributed by atoms with van der Waals surface area (Å²) in [5, 5.41) is 14.1. The number of rotatable bonds is 5. The summed E-state index contributed by atoms with van der Waals surface area (Å²) in [6.07, 6.45) is 0. The van der Waals surface area contributed by atoms with Gasteiger partial charge < -0.3 is 9.13 Å². The summed E-state index contributed by atoms with van der Waals surface area (Å²) in [4.78, 5) is 3.58. The topological polar surface area (TPSA) is 38.0 Å². The lowest BCUT2D eigenvalue weighted by Crippen LogP contribution is -1.93. The molecular weight excluding hydrogens is 657 g/mol. The van der Waals surface area contributed by atoms with E-state index in [1.807, 2.05) is 48.5 Å². The van der Waals surface area contributed by atoms with Crippen LogP contribution in [0.2, 0.25) is 0 Å². The van der Waals surface area contributed by atoms with Crippen LogP contribution >= 0.6 is 0 Å². The highest BCUT2D eigenvalue weighted by atomic mass is 15.0. The molecule has 250 valence electrons. The predicted molar refractivity (Wildman–Crippen MR) is 222 cm³/mol. The van der Waals surface area contributed by atoms with Crippen LogP contribution in [0.1, 0.15) is 5.56 Å². The van der Waals surface area contributed by atoms with E-state index in [1.165, 1.54) is 21.5 Å². The second-order valence-electron chi connectivity index (χ2n) is 13.6. The first-order valence-corrected chi connectivity index (χ1v) is 17.9. The van der Waals surface area contributed by atoms with Gasteiger partial charge in [0.15, 0.2) is 5.69 Å². The van der Waals surface area contributed by atoms with Gasteiger partial charge in [-0.3, -0.25) is 0 Å². The van der Waals surface area contributed by atoms with Gasteiger partial charge in [-0.25, -0.2) is 4.85 Å². The Balaban J connectivity index is 1.18. The number of nitriles is 1. The van der Waals surface area contributed by atoms with Crippen molar-refractivity contribution >= 4 is 49.3 Å². The summed E-state index contributed by atoms with van der Waals surface area (Å²) >= 11 is 0. The van der Waals surface area contributed by atoms with E-state index in [0.29, 0.717) is 11.3 Å². The molecule has 0 atom stereocenters. The molecule has 0 aliphatic rings. The molecule has 0 bridgehead atoms. The molecule has 0 amide bonds. The lowest BCUT2D eigenvalue weighted by atomic mass is 9.98. The van der Waals surface area contributed by atoms with E-state index in [0.717, 1.165) is 66.8 Å². The Kier molecular flexibility index (Phi) is 7.22. The Morgan fingerprint density at radius 3 is 1.07 bits per heavy atom. The molecule has 0 aliphatic heterocycles. The van der Waals surface area contributed by atoms with Gasteiger partial charge in [-0.2, -0.15) is 5.26 Å². The number of hydrogen-bond acceptors (Lipinski definition) is 1. The molecule has 0 saturated carbocycles. The van der Waals surface area contributed by atoms with Gasteiger partial charge in [0.1, 0.15) is 0 Å². The van der Waals surface area contributed by atoms with Crippen LogP contribution in [0.25, 0.3) is 93.2 Å². The minimum absolute atomic E-state index is 0.638. The van der Waals surface area contributed by atoms with Crippen LogP contribution in [0.3, 0.4) is 0 Å². The van der Waals surface area contributed by atoms with E-state index in [-0.39, 0.29) is 0 Å². The fourth-order valence-electron chi connectivity index (χ4n) is 7.94. The van der Waals surface area contributed by atoms with Crippen LogP contribution in [0, 0.1) is 17.9 Å². The van der Waals surface area contributed by atoms with E-state index in [2.05, 4.69) is 154 Å². The Labute approximate surface area is 312 Å². The lowest BCUT2D eigenvalue weighted by Gasteiger charge is -2.09. The van der Waals surface area contributed by atoms with E-state index >= 15 is 0 Å². The maximum absolute atomic E-state index is 9.37. The summed E-state index contributed by atoms with van der Waals surface area (Å²) in [7, 11) is 0. The quantitative estimate of drug-likeness (QED) is 0.166. The van der Waals surface area contributed by atoms with Crippen molar-refractivity contribution in [3.05, 3.63) is 199 Å². The van der Waals surface area contributed by atoms with Crippen LogP contribution in [0.15, 0.2) is 182 Å². The number of para-hydroxylation sites is 2. The monoisotopic (exact) mass is 686 g/mol. The number of aromatic nitrogens is 2. The van der Waals surface area contributed by atoms with Gasteiger partial charge in [-0.1, -0.05) is 97.1 Å². The third-order valence-corrected chi connectivity index (χ3v) is 10.6. The molecule has 8 aromatic carbocycles. The van der Waals surface area contributed by atoms with E-state index in [1.54, 1.807) is 0 Å². The van der Waals surface area contributed by atoms with Crippen LogP contribution in [-0.4, -0.2) is 9.13 Å². The Hall–Kier alpha value is -7.66. The minimum Gasteiger partial charge on any atom is -0.309 e. The maximum atomic E-state index is 9.37. The average molecular weight is 687 g/mol. The van der Waals surface area contributed by atoms with Crippen LogP contribution in [0.4, 0.5) is 5.69 Å². The zero-order chi connectivity index (χ0) is 36.2. The van der Waals surface area contributed by atoms with Crippen molar-refractivity contribution in [3.8, 4) is 50.8 Å². The molecule has 0 saturated heterocycles. The third kappa shape index (κ3) is 5.06. The van der Waals surface area contributed by atoms with Gasteiger partial charge in [0.2, 0.25) is 0 Å². The predicted octanol–water partition coefficient (Wildman–Crippen LogP) is 13.3. The maximum Gasteiger partial charge on any atom is 0.187 e. The van der Waals surface area contributed by atoms with Crippen molar-refractivity contribution in [3.63, 3.8) is 0 Å². The molecule has 2 aromatic heterocycles. The van der Waals surface area contributed by atoms with Crippen LogP contribution < -0.4 is 0 Å². The van der Waals surface area contributed by atoms with Crippen LogP contribution in [-0.2, 0) is 0 Å². The van der Waals surface area contributed by atoms with Gasteiger partial charge in [-0.05, 0) is 118 Å². The minimum atomic E-state index is 0.638. The molecule has 4 heteroatoms. The molecule has 0 unspecified atom stereocenters. The Morgan fingerprint density at radius 1 is 0.389 bits per heavy atom. The van der Waals surface area contributed by atoms with Gasteiger partial charge >= 0.3 is 0 Å². The number of benzene rings is 8. The van der Waals surface area contributed by atoms with Crippen molar-refractivity contribution in [2.45, 2.75) is 0 Å². The molecule has 10 aromatic rings. The highest BCUT2D eigenvalue weighted by Gasteiger charge is 2.17. The molecule has 4 nitrogen and oxygen atoms in total. The van der Waals surface area contributed by atoms with Crippen molar-refractivity contribution in [2.24, 2.45) is 0 Å². The summed E-state index contributed by atoms with van der Waals surface area (Å²) in [6, 6.07) is 66.0. The summed E-state index contributed by atoms with van der Waals surface area (Å²) in [5.74, 6) is 0. The number of nitrogens with zero attached hydrogens (tertiary/aromatic N) is 4. The van der Waals surface area contributed by atoms with E-state index < -0.39 is 0 Å². The summed E-state index contributed by atoms with van der Waals surface area (Å²) < 4.78 is 4.70. The normalized spacial score (nSPS) is 11.3. The largest absolute Gasteiger partial charge is 0.309 e. The second-order valence-corrected chi connectivity index (χ2v) is 13.6. The van der Waals surface area contributed by atoms with Crippen LogP contribution in [0.5, 0.6) is 0 Å². The van der Waals surface area contributed by atoms with Crippen molar-refractivity contribution < 1.29 is 0 Å². The van der Waals surface area contributed by atoms with E-state index in [9.17, 15) is 5.26 Å². The lowest BCUT2D eigenvalue weighted by molar-refractivity contribution is 1.18. The van der Waals surface area contributed by atoms with Gasteiger partial charge in [0.25, 0.3) is 0 Å². The second kappa shape index (κ2) is 12.5. The Bertz CT molecular complexity index is 2920. The smallest absolute Gasteiger partial charge is 0.187 e. The highest BCUT2D eigenvalue weighted by Crippen LogP contribution is 2.40. The SMILES string of the molecule is [C-]#[N+]c1ccc(-c2ccc3c(c2)c2cc(-c4ccc5c(c4)c4cc(-c6ccc(C#N)cc6)ccc4n5-c4ccccc4)ccc2n3-c2ccccc2)cc1. The average Bonchev–Trinajstić information content (AvgIpc) is 3.75. The zero-order valence-electron chi connectivity index (χ0n) is 29.1. The highest BCUT2D eigenvalue weighted by molar-refractivity contribution is 6.14. The van der Waals surface area contributed by atoms with Crippen molar-refractivity contribution in [2.75, 3.05) is 0 Å². The number of hydrogen-bond donors (Lipinski definition) is 0. The molecule has 10 rings (SSSR count). The first kappa shape index (κ1) is 31.1. The Morgan fingerprint density at radius 2 is 0.722 bits per heavy atom. The molecule has 0 radical (unpaired) electrons. The molecular formula is C50H30N4. The molecule has 0 N–H and O–H groups in total. The van der Waals surface area contributed by atoms with Crippen molar-refractivity contribution in [1.82, 2.24) is 9.13 Å². The number of fused-ring (bicyclic) bond motifs is 6. The first-order valence-electron chi connectivity index (χ1n) is 17.9. The molecule has 2 heterocycles. The first-order chi connectivity index (χ1) is 26.7. The zero-order valence-corrected chi connectivity index (χ0v) is 29.1. The summed E-state index contributed by atoms with van der Waals surface area (Å²) in [5.41, 5.74) is 14.8. The van der Waals surface area contributed by atoms with Gasteiger partial charge in [-0.15, -0.1) is 0 Å². The van der Waals surface area contributed by atoms with E-state index in [4.69, 9.17) is 6.57 Å². The molecule has 0 spiro atoms. The third-order valence-electron chi connectivity index (χ3n) is 10.6. The molecule has 0 fully saturated rings. The summed E-state index contributed by atoms with van der Waals surface area (Å²) in [6.45, 7) is 7.39. The molecule has 54 heavy (non-hydrogen) atoms. The standard InChI is InChI=1S/C50H30N4/c1-52-40-22-16-35(17-23-40)37-19-25-48-44(29-37)46-31-39(21-27-50(46)54(48)42-10-6-3-7-11-42)38-20-26-49-45(30-38)43-28-36(34-14-12-33(32-51)13-15-34)18-24-47(43)53(49)41-8-4-2-5-9-41/h2-31H. The molecule has 0 aliphatic carbocycles. The fraction of sp³-hybridized carbons (Fsp3) is 0. The van der Waals surface area contributed by atoms with Crippen molar-refractivity contribution in [1.29, 1.82) is 5.26 Å². The fourth-order valence-corrected chi connectivity index (χ4v) is 7.94.